The molecular weight excluding hydrogens is 278 g/mol. The van der Waals surface area contributed by atoms with Gasteiger partial charge in [-0.3, -0.25) is 4.79 Å². The molecule has 0 bridgehead atoms. The second kappa shape index (κ2) is 8.20. The van der Waals surface area contributed by atoms with Gasteiger partial charge in [0.15, 0.2) is 0 Å². The normalized spacial score (nSPS) is 10.4. The molecule has 4 nitrogen and oxygen atoms in total. The van der Waals surface area contributed by atoms with E-state index in [4.69, 9.17) is 9.84 Å². The summed E-state index contributed by atoms with van der Waals surface area (Å²) < 4.78 is 5.93. The Bertz CT molecular complexity index is 625. The highest BCUT2D eigenvalue weighted by Crippen LogP contribution is 2.20. The molecule has 0 unspecified atom stereocenters. The molecule has 0 saturated carbocycles. The van der Waals surface area contributed by atoms with Crippen molar-refractivity contribution in [2.75, 3.05) is 6.54 Å². The quantitative estimate of drug-likeness (QED) is 0.735. The second-order valence-electron chi connectivity index (χ2n) is 5.14. The molecule has 116 valence electrons. The van der Waals surface area contributed by atoms with Gasteiger partial charge in [-0.05, 0) is 24.1 Å². The number of carboxylic acids is 1. The summed E-state index contributed by atoms with van der Waals surface area (Å²) in [5.41, 5.74) is 3.40. The van der Waals surface area contributed by atoms with Gasteiger partial charge in [0, 0.05) is 18.7 Å². The zero-order valence-electron chi connectivity index (χ0n) is 12.7. The lowest BCUT2D eigenvalue weighted by Gasteiger charge is -2.13. The summed E-state index contributed by atoms with van der Waals surface area (Å²) in [6, 6.07) is 16.0. The van der Waals surface area contributed by atoms with E-state index in [-0.39, 0.29) is 6.42 Å². The van der Waals surface area contributed by atoms with Crippen LogP contribution in [-0.2, 0) is 17.9 Å². The molecule has 0 amide bonds. The minimum absolute atomic E-state index is 0.117. The fourth-order valence-electron chi connectivity index (χ4n) is 2.14. The third-order valence-electron chi connectivity index (χ3n) is 3.45. The van der Waals surface area contributed by atoms with Crippen molar-refractivity contribution in [1.82, 2.24) is 5.32 Å². The van der Waals surface area contributed by atoms with Crippen molar-refractivity contribution in [1.29, 1.82) is 0 Å². The molecule has 0 atom stereocenters. The Balaban J connectivity index is 1.93. The van der Waals surface area contributed by atoms with Crippen LogP contribution in [-0.4, -0.2) is 17.6 Å². The van der Waals surface area contributed by atoms with Crippen LogP contribution in [0.4, 0.5) is 0 Å². The Kier molecular flexibility index (Phi) is 5.98. The minimum Gasteiger partial charge on any atom is -0.489 e. The van der Waals surface area contributed by atoms with Crippen LogP contribution in [0.1, 0.15) is 23.1 Å². The van der Waals surface area contributed by atoms with E-state index < -0.39 is 5.97 Å². The molecule has 0 saturated heterocycles. The van der Waals surface area contributed by atoms with E-state index in [1.54, 1.807) is 0 Å². The third kappa shape index (κ3) is 4.90. The number of rotatable bonds is 8. The average Bonchev–Trinajstić information content (AvgIpc) is 2.51. The first-order chi connectivity index (χ1) is 10.7. The molecule has 0 fully saturated rings. The van der Waals surface area contributed by atoms with E-state index in [2.05, 4.69) is 24.4 Å². The topological polar surface area (TPSA) is 58.6 Å². The monoisotopic (exact) mass is 299 g/mol. The maximum absolute atomic E-state index is 10.5. The second-order valence-corrected chi connectivity index (χ2v) is 5.14. The van der Waals surface area contributed by atoms with E-state index in [1.165, 1.54) is 5.56 Å². The van der Waals surface area contributed by atoms with Gasteiger partial charge in [0.25, 0.3) is 0 Å². The Labute approximate surface area is 130 Å². The molecule has 4 heteroatoms. The van der Waals surface area contributed by atoms with Crippen LogP contribution in [0.15, 0.2) is 48.5 Å². The zero-order chi connectivity index (χ0) is 15.8. The van der Waals surface area contributed by atoms with Gasteiger partial charge in [-0.1, -0.05) is 42.5 Å². The number of para-hydroxylation sites is 1. The molecule has 2 N–H and O–H groups in total. The fraction of sp³-hybridized carbons (Fsp3) is 0.278. The van der Waals surface area contributed by atoms with Gasteiger partial charge >= 0.3 is 5.97 Å². The van der Waals surface area contributed by atoms with Crippen LogP contribution < -0.4 is 10.1 Å². The van der Waals surface area contributed by atoms with Gasteiger partial charge < -0.3 is 15.2 Å². The Morgan fingerprint density at radius 3 is 2.50 bits per heavy atom. The van der Waals surface area contributed by atoms with E-state index in [0.29, 0.717) is 19.7 Å². The first-order valence-electron chi connectivity index (χ1n) is 7.34. The van der Waals surface area contributed by atoms with Crippen molar-refractivity contribution in [2.24, 2.45) is 0 Å². The number of ether oxygens (including phenoxy) is 1. The fourth-order valence-corrected chi connectivity index (χ4v) is 2.14. The van der Waals surface area contributed by atoms with Gasteiger partial charge in [-0.25, -0.2) is 0 Å². The highest BCUT2D eigenvalue weighted by atomic mass is 16.5. The summed E-state index contributed by atoms with van der Waals surface area (Å²) in [5.74, 6) is 0.0326. The number of carbonyl (C=O) groups is 1. The number of aliphatic carboxylic acids is 1. The molecule has 22 heavy (non-hydrogen) atoms. The molecule has 0 spiro atoms. The molecular formula is C18H21NO3. The molecule has 0 radical (unpaired) electrons. The van der Waals surface area contributed by atoms with Crippen molar-refractivity contribution >= 4 is 5.97 Å². The van der Waals surface area contributed by atoms with Crippen LogP contribution in [0.3, 0.4) is 0 Å². The van der Waals surface area contributed by atoms with Gasteiger partial charge in [0.2, 0.25) is 0 Å². The van der Waals surface area contributed by atoms with Crippen LogP contribution in [0.25, 0.3) is 0 Å². The van der Waals surface area contributed by atoms with E-state index in [1.807, 2.05) is 36.4 Å². The van der Waals surface area contributed by atoms with Crippen molar-refractivity contribution < 1.29 is 14.6 Å². The predicted molar refractivity (Wildman–Crippen MR) is 85.9 cm³/mol. The number of hydrogen-bond donors (Lipinski definition) is 2. The minimum atomic E-state index is -0.795. The largest absolute Gasteiger partial charge is 0.489 e. The molecule has 0 aliphatic rings. The summed E-state index contributed by atoms with van der Waals surface area (Å²) in [5, 5.41) is 11.8. The van der Waals surface area contributed by atoms with Crippen molar-refractivity contribution in [3.63, 3.8) is 0 Å². The predicted octanol–water partition coefficient (Wildman–Crippen LogP) is 3.14. The molecule has 2 aromatic carbocycles. The molecule has 0 aliphatic heterocycles. The summed E-state index contributed by atoms with van der Waals surface area (Å²) >= 11 is 0. The van der Waals surface area contributed by atoms with Gasteiger partial charge in [-0.2, -0.15) is 0 Å². The van der Waals surface area contributed by atoms with Gasteiger partial charge in [-0.15, -0.1) is 0 Å². The van der Waals surface area contributed by atoms with Crippen molar-refractivity contribution in [3.8, 4) is 5.75 Å². The number of carboxylic acid groups (broad SMARTS) is 1. The average molecular weight is 299 g/mol. The SMILES string of the molecule is Cc1ccccc1COc1ccccc1CNCCC(=O)O. The first kappa shape index (κ1) is 16.0. The van der Waals surface area contributed by atoms with Crippen molar-refractivity contribution in [3.05, 3.63) is 65.2 Å². The summed E-state index contributed by atoms with van der Waals surface area (Å²) in [4.78, 5) is 10.5. The number of hydrogen-bond acceptors (Lipinski definition) is 3. The molecule has 2 rings (SSSR count). The Morgan fingerprint density at radius 1 is 1.09 bits per heavy atom. The highest BCUT2D eigenvalue weighted by molar-refractivity contribution is 5.66. The van der Waals surface area contributed by atoms with Crippen LogP contribution in [0, 0.1) is 6.92 Å². The lowest BCUT2D eigenvalue weighted by Crippen LogP contribution is -2.18. The van der Waals surface area contributed by atoms with Gasteiger partial charge in [0.1, 0.15) is 12.4 Å². The van der Waals surface area contributed by atoms with Crippen LogP contribution in [0.2, 0.25) is 0 Å². The smallest absolute Gasteiger partial charge is 0.304 e. The number of aryl methyl sites for hydroxylation is 1. The van der Waals surface area contributed by atoms with Gasteiger partial charge in [0.05, 0.1) is 6.42 Å². The summed E-state index contributed by atoms with van der Waals surface area (Å²) in [7, 11) is 0. The van der Waals surface area contributed by atoms with Crippen molar-refractivity contribution in [2.45, 2.75) is 26.5 Å². The summed E-state index contributed by atoms with van der Waals surface area (Å²) in [6.45, 7) is 3.63. The molecule has 0 heterocycles. The standard InChI is InChI=1S/C18H21NO3/c1-14-6-2-3-8-16(14)13-22-17-9-5-4-7-15(17)12-19-11-10-18(20)21/h2-9,19H,10-13H2,1H3,(H,20,21). The molecule has 0 aliphatic carbocycles. The number of benzene rings is 2. The maximum atomic E-state index is 10.5. The van der Waals surface area contributed by atoms with E-state index >= 15 is 0 Å². The Morgan fingerprint density at radius 2 is 1.77 bits per heavy atom. The lowest BCUT2D eigenvalue weighted by atomic mass is 10.1. The number of nitrogens with one attached hydrogen (secondary N) is 1. The van der Waals surface area contributed by atoms with Crippen LogP contribution >= 0.6 is 0 Å². The third-order valence-corrected chi connectivity index (χ3v) is 3.45. The summed E-state index contributed by atoms with van der Waals surface area (Å²) in [6.07, 6.45) is 0.117. The Hall–Kier alpha value is -2.33. The van der Waals surface area contributed by atoms with E-state index in [9.17, 15) is 4.79 Å². The lowest BCUT2D eigenvalue weighted by molar-refractivity contribution is -0.136. The first-order valence-corrected chi connectivity index (χ1v) is 7.34. The van der Waals surface area contributed by atoms with Crippen LogP contribution in [0.5, 0.6) is 5.75 Å². The zero-order valence-corrected chi connectivity index (χ0v) is 12.7. The molecule has 0 aromatic heterocycles. The van der Waals surface area contributed by atoms with E-state index in [0.717, 1.165) is 16.9 Å². The molecule has 2 aromatic rings. The highest BCUT2D eigenvalue weighted by Gasteiger charge is 2.05. The maximum Gasteiger partial charge on any atom is 0.304 e.